The first-order valence-corrected chi connectivity index (χ1v) is 11.1. The van der Waals surface area contributed by atoms with E-state index in [1.54, 1.807) is 35.0 Å². The van der Waals surface area contributed by atoms with Gasteiger partial charge >= 0.3 is 0 Å². The first-order valence-electron chi connectivity index (χ1n) is 9.62. The van der Waals surface area contributed by atoms with E-state index in [0.717, 1.165) is 12.1 Å². The number of rotatable bonds is 8. The minimum Gasteiger partial charge on any atom is -0.394 e. The van der Waals surface area contributed by atoms with Crippen LogP contribution in [-0.4, -0.2) is 53.4 Å². The van der Waals surface area contributed by atoms with Gasteiger partial charge in [0, 0.05) is 12.7 Å². The second-order valence-electron chi connectivity index (χ2n) is 7.45. The maximum absolute atomic E-state index is 12.5. The number of sulfonamides is 1. The SMILES string of the molecule is CC(C)c1cn(CC[C@@H]2CC[C@@H](NS(=O)(=O)c3ccccc3)[C@H](CO)O2)nn1. The predicted molar refractivity (Wildman–Crippen MR) is 104 cm³/mol. The lowest BCUT2D eigenvalue weighted by Crippen LogP contribution is -2.50. The predicted octanol–water partition coefficient (Wildman–Crippen LogP) is 1.68. The van der Waals surface area contributed by atoms with Crippen LogP contribution in [0.3, 0.4) is 0 Å². The number of aliphatic hydroxyl groups is 1. The number of hydrogen-bond donors (Lipinski definition) is 2. The number of aromatic nitrogens is 3. The number of hydrogen-bond acceptors (Lipinski definition) is 6. The standard InChI is InChI=1S/C19H28N4O4S/c1-14(2)18-12-23(22-20-18)11-10-15-8-9-17(19(13-24)27-15)21-28(25,26)16-6-4-3-5-7-16/h3-7,12,14-15,17,19,21,24H,8-11,13H2,1-2H3/t15-,17+,19-/m0/s1. The molecule has 1 aliphatic heterocycles. The molecule has 0 spiro atoms. The number of ether oxygens (including phenoxy) is 1. The Labute approximate surface area is 166 Å². The summed E-state index contributed by atoms with van der Waals surface area (Å²) in [5.74, 6) is 0.330. The van der Waals surface area contributed by atoms with Crippen LogP contribution < -0.4 is 4.72 Å². The largest absolute Gasteiger partial charge is 0.394 e. The Morgan fingerprint density at radius 3 is 2.68 bits per heavy atom. The van der Waals surface area contributed by atoms with Gasteiger partial charge in [-0.15, -0.1) is 5.10 Å². The molecule has 0 unspecified atom stereocenters. The molecule has 1 fully saturated rings. The minimum absolute atomic E-state index is 0.0543. The highest BCUT2D eigenvalue weighted by atomic mass is 32.2. The maximum Gasteiger partial charge on any atom is 0.240 e. The Kier molecular flexibility index (Phi) is 6.82. The van der Waals surface area contributed by atoms with E-state index in [2.05, 4.69) is 28.9 Å². The highest BCUT2D eigenvalue weighted by Crippen LogP contribution is 2.24. The van der Waals surface area contributed by atoms with E-state index in [1.165, 1.54) is 0 Å². The molecule has 0 radical (unpaired) electrons. The third kappa shape index (κ3) is 5.16. The van der Waals surface area contributed by atoms with Crippen molar-refractivity contribution in [3.63, 3.8) is 0 Å². The molecular weight excluding hydrogens is 380 g/mol. The van der Waals surface area contributed by atoms with Crippen LogP contribution in [0.4, 0.5) is 0 Å². The number of nitrogens with one attached hydrogen (secondary N) is 1. The molecule has 2 heterocycles. The summed E-state index contributed by atoms with van der Waals surface area (Å²) in [4.78, 5) is 0.209. The zero-order chi connectivity index (χ0) is 20.1. The average molecular weight is 409 g/mol. The smallest absolute Gasteiger partial charge is 0.240 e. The Bertz CT molecular complexity index is 854. The van der Waals surface area contributed by atoms with E-state index in [-0.39, 0.29) is 17.6 Å². The van der Waals surface area contributed by atoms with Crippen molar-refractivity contribution < 1.29 is 18.3 Å². The topological polar surface area (TPSA) is 106 Å². The lowest BCUT2D eigenvalue weighted by Gasteiger charge is -2.36. The van der Waals surface area contributed by atoms with E-state index >= 15 is 0 Å². The molecular formula is C19H28N4O4S. The monoisotopic (exact) mass is 408 g/mol. The summed E-state index contributed by atoms with van der Waals surface area (Å²) in [6.45, 7) is 4.57. The molecule has 0 bridgehead atoms. The molecule has 154 valence electrons. The molecule has 0 amide bonds. The first-order chi connectivity index (χ1) is 13.4. The fraction of sp³-hybridized carbons (Fsp3) is 0.579. The third-order valence-corrected chi connectivity index (χ3v) is 6.49. The molecule has 28 heavy (non-hydrogen) atoms. The second kappa shape index (κ2) is 9.13. The Morgan fingerprint density at radius 1 is 1.29 bits per heavy atom. The van der Waals surface area contributed by atoms with Crippen LogP contribution in [-0.2, 0) is 21.3 Å². The molecule has 1 aromatic carbocycles. The van der Waals surface area contributed by atoms with Gasteiger partial charge in [-0.2, -0.15) is 0 Å². The van der Waals surface area contributed by atoms with Crippen molar-refractivity contribution >= 4 is 10.0 Å². The van der Waals surface area contributed by atoms with E-state index in [0.29, 0.717) is 25.3 Å². The Balaban J connectivity index is 1.56. The zero-order valence-corrected chi connectivity index (χ0v) is 17.0. The average Bonchev–Trinajstić information content (AvgIpc) is 3.17. The van der Waals surface area contributed by atoms with E-state index in [4.69, 9.17) is 4.74 Å². The summed E-state index contributed by atoms with van der Waals surface area (Å²) in [5.41, 5.74) is 0.952. The van der Waals surface area contributed by atoms with Gasteiger partial charge in [-0.3, -0.25) is 4.68 Å². The normalized spacial score (nSPS) is 23.2. The quantitative estimate of drug-likeness (QED) is 0.688. The number of aryl methyl sites for hydroxylation is 1. The summed E-state index contributed by atoms with van der Waals surface area (Å²) in [6, 6.07) is 7.77. The third-order valence-electron chi connectivity index (χ3n) is 4.98. The molecule has 8 nitrogen and oxygen atoms in total. The number of nitrogens with zero attached hydrogens (tertiary/aromatic N) is 3. The molecule has 3 rings (SSSR count). The van der Waals surface area contributed by atoms with Gasteiger partial charge in [-0.1, -0.05) is 37.3 Å². The van der Waals surface area contributed by atoms with Crippen LogP contribution in [0.5, 0.6) is 0 Å². The van der Waals surface area contributed by atoms with Gasteiger partial charge in [0.15, 0.2) is 0 Å². The molecule has 0 saturated carbocycles. The van der Waals surface area contributed by atoms with Crippen molar-refractivity contribution in [2.24, 2.45) is 0 Å². The lowest BCUT2D eigenvalue weighted by molar-refractivity contribution is -0.0891. The highest BCUT2D eigenvalue weighted by molar-refractivity contribution is 7.89. The number of benzene rings is 1. The van der Waals surface area contributed by atoms with Crippen LogP contribution in [0.2, 0.25) is 0 Å². The van der Waals surface area contributed by atoms with Gasteiger partial charge in [0.25, 0.3) is 0 Å². The van der Waals surface area contributed by atoms with E-state index < -0.39 is 22.2 Å². The summed E-state index contributed by atoms with van der Waals surface area (Å²) < 4.78 is 35.5. The minimum atomic E-state index is -3.64. The van der Waals surface area contributed by atoms with Gasteiger partial charge in [-0.05, 0) is 37.3 Å². The molecule has 3 atom stereocenters. The van der Waals surface area contributed by atoms with Gasteiger partial charge in [0.2, 0.25) is 10.0 Å². The van der Waals surface area contributed by atoms with Crippen molar-refractivity contribution in [3.8, 4) is 0 Å². The van der Waals surface area contributed by atoms with Crippen molar-refractivity contribution in [1.29, 1.82) is 0 Å². The zero-order valence-electron chi connectivity index (χ0n) is 16.2. The van der Waals surface area contributed by atoms with Gasteiger partial charge in [0.1, 0.15) is 0 Å². The molecule has 1 saturated heterocycles. The fourth-order valence-corrected chi connectivity index (χ4v) is 4.63. The summed E-state index contributed by atoms with van der Waals surface area (Å²) >= 11 is 0. The van der Waals surface area contributed by atoms with E-state index in [1.807, 2.05) is 6.20 Å². The Morgan fingerprint density at radius 2 is 2.04 bits per heavy atom. The van der Waals surface area contributed by atoms with Crippen molar-refractivity contribution in [2.75, 3.05) is 6.61 Å². The van der Waals surface area contributed by atoms with Gasteiger partial charge in [0.05, 0.1) is 35.4 Å². The molecule has 9 heteroatoms. The first kappa shape index (κ1) is 20.9. The van der Waals surface area contributed by atoms with E-state index in [9.17, 15) is 13.5 Å². The molecule has 2 N–H and O–H groups in total. The molecule has 2 aromatic rings. The maximum atomic E-state index is 12.5. The highest BCUT2D eigenvalue weighted by Gasteiger charge is 2.33. The van der Waals surface area contributed by atoms with Crippen LogP contribution in [0.25, 0.3) is 0 Å². The van der Waals surface area contributed by atoms with Crippen LogP contribution in [0, 0.1) is 0 Å². The molecule has 1 aromatic heterocycles. The van der Waals surface area contributed by atoms with Gasteiger partial charge in [-0.25, -0.2) is 13.1 Å². The summed E-state index contributed by atoms with van der Waals surface area (Å²) in [6.07, 6.45) is 3.37. The summed E-state index contributed by atoms with van der Waals surface area (Å²) in [5, 5.41) is 18.0. The van der Waals surface area contributed by atoms with Crippen LogP contribution in [0.1, 0.15) is 44.7 Å². The van der Waals surface area contributed by atoms with Crippen LogP contribution in [0.15, 0.2) is 41.4 Å². The summed E-state index contributed by atoms with van der Waals surface area (Å²) in [7, 11) is -3.64. The van der Waals surface area contributed by atoms with Crippen molar-refractivity contribution in [1.82, 2.24) is 19.7 Å². The number of aliphatic hydroxyl groups excluding tert-OH is 1. The molecule has 1 aliphatic rings. The molecule has 0 aliphatic carbocycles. The Hall–Kier alpha value is -1.81. The lowest BCUT2D eigenvalue weighted by atomic mass is 9.98. The second-order valence-corrected chi connectivity index (χ2v) is 9.16. The fourth-order valence-electron chi connectivity index (χ4n) is 3.31. The van der Waals surface area contributed by atoms with Crippen molar-refractivity contribution in [2.45, 2.75) is 68.7 Å². The van der Waals surface area contributed by atoms with Crippen LogP contribution >= 0.6 is 0 Å². The van der Waals surface area contributed by atoms with Gasteiger partial charge < -0.3 is 9.84 Å². The van der Waals surface area contributed by atoms with Crippen molar-refractivity contribution in [3.05, 3.63) is 42.2 Å².